The number of nitrogens with zero attached hydrogens (tertiary/aromatic N) is 3. The summed E-state index contributed by atoms with van der Waals surface area (Å²) in [6.07, 6.45) is 4.55. The summed E-state index contributed by atoms with van der Waals surface area (Å²) < 4.78 is 3.05. The SMILES string of the molecule is Cl.O=c1c2cccn2ncn1CC1(O)CCNCC1. The van der Waals surface area contributed by atoms with Crippen molar-refractivity contribution >= 4 is 17.9 Å². The number of hydrogen-bond donors (Lipinski definition) is 2. The van der Waals surface area contributed by atoms with Gasteiger partial charge in [-0.05, 0) is 38.1 Å². The number of nitrogens with one attached hydrogen (secondary N) is 1. The number of aliphatic hydroxyl groups is 1. The molecule has 3 rings (SSSR count). The van der Waals surface area contributed by atoms with Gasteiger partial charge in [-0.25, -0.2) is 4.52 Å². The number of aromatic nitrogens is 3. The fourth-order valence-electron chi connectivity index (χ4n) is 2.44. The molecular weight excluding hydrogens is 268 g/mol. The van der Waals surface area contributed by atoms with Crippen LogP contribution in [0.15, 0.2) is 29.5 Å². The zero-order valence-electron chi connectivity index (χ0n) is 10.5. The van der Waals surface area contributed by atoms with Crippen LogP contribution in [0.5, 0.6) is 0 Å². The van der Waals surface area contributed by atoms with E-state index in [-0.39, 0.29) is 18.0 Å². The highest BCUT2D eigenvalue weighted by molar-refractivity contribution is 5.85. The molecule has 19 heavy (non-hydrogen) atoms. The summed E-state index contributed by atoms with van der Waals surface area (Å²) in [5, 5.41) is 17.8. The molecule has 2 N–H and O–H groups in total. The van der Waals surface area contributed by atoms with Crippen molar-refractivity contribution in [2.24, 2.45) is 0 Å². The predicted octanol–water partition coefficient (Wildman–Crippen LogP) is 0.0323. The molecule has 6 nitrogen and oxygen atoms in total. The zero-order chi connectivity index (χ0) is 12.6. The Labute approximate surface area is 116 Å². The lowest BCUT2D eigenvalue weighted by Gasteiger charge is -2.32. The van der Waals surface area contributed by atoms with E-state index in [9.17, 15) is 9.90 Å². The lowest BCUT2D eigenvalue weighted by molar-refractivity contribution is -0.00642. The average molecular weight is 285 g/mol. The molecule has 0 atom stereocenters. The fraction of sp³-hybridized carbons (Fsp3) is 0.500. The van der Waals surface area contributed by atoms with Crippen molar-refractivity contribution in [2.75, 3.05) is 13.1 Å². The van der Waals surface area contributed by atoms with Crippen LogP contribution in [-0.2, 0) is 6.54 Å². The van der Waals surface area contributed by atoms with E-state index in [1.54, 1.807) is 22.8 Å². The van der Waals surface area contributed by atoms with Gasteiger partial charge in [0, 0.05) is 6.20 Å². The third kappa shape index (κ3) is 2.65. The molecule has 0 unspecified atom stereocenters. The van der Waals surface area contributed by atoms with Gasteiger partial charge < -0.3 is 10.4 Å². The standard InChI is InChI=1S/C12H16N4O2.ClH/c17-11-10-2-1-7-16(10)14-9-15(11)8-12(18)3-5-13-6-4-12;/h1-2,7,9,13,18H,3-6,8H2;1H. The van der Waals surface area contributed by atoms with Crippen LogP contribution in [0.3, 0.4) is 0 Å². The van der Waals surface area contributed by atoms with Gasteiger partial charge in [0.15, 0.2) is 0 Å². The Bertz CT molecular complexity index is 615. The van der Waals surface area contributed by atoms with Gasteiger partial charge in [0.25, 0.3) is 5.56 Å². The van der Waals surface area contributed by atoms with E-state index in [1.165, 1.54) is 10.9 Å². The Morgan fingerprint density at radius 1 is 1.42 bits per heavy atom. The minimum atomic E-state index is -0.804. The Morgan fingerprint density at radius 3 is 2.89 bits per heavy atom. The highest BCUT2D eigenvalue weighted by Gasteiger charge is 2.30. The molecule has 0 spiro atoms. The van der Waals surface area contributed by atoms with E-state index in [0.717, 1.165) is 13.1 Å². The van der Waals surface area contributed by atoms with E-state index >= 15 is 0 Å². The van der Waals surface area contributed by atoms with Gasteiger partial charge >= 0.3 is 0 Å². The second kappa shape index (κ2) is 5.32. The molecule has 0 bridgehead atoms. The molecule has 1 fully saturated rings. The van der Waals surface area contributed by atoms with Crippen LogP contribution in [0.1, 0.15) is 12.8 Å². The van der Waals surface area contributed by atoms with Crippen molar-refractivity contribution in [1.82, 2.24) is 19.5 Å². The van der Waals surface area contributed by atoms with E-state index < -0.39 is 5.60 Å². The molecule has 0 amide bonds. The van der Waals surface area contributed by atoms with Crippen LogP contribution in [0.4, 0.5) is 0 Å². The third-order valence-electron chi connectivity index (χ3n) is 3.52. The van der Waals surface area contributed by atoms with E-state index in [4.69, 9.17) is 0 Å². The lowest BCUT2D eigenvalue weighted by Crippen LogP contribution is -2.46. The normalized spacial score (nSPS) is 18.2. The Kier molecular flexibility index (Phi) is 3.93. The van der Waals surface area contributed by atoms with E-state index in [2.05, 4.69) is 10.4 Å². The molecule has 1 aliphatic heterocycles. The van der Waals surface area contributed by atoms with Crippen molar-refractivity contribution in [3.05, 3.63) is 35.0 Å². The maximum atomic E-state index is 12.2. The summed E-state index contributed by atoms with van der Waals surface area (Å²) in [6.45, 7) is 1.88. The van der Waals surface area contributed by atoms with Gasteiger partial charge in [-0.1, -0.05) is 0 Å². The van der Waals surface area contributed by atoms with Gasteiger partial charge in [-0.2, -0.15) is 5.10 Å². The maximum absolute atomic E-state index is 12.2. The smallest absolute Gasteiger partial charge is 0.277 e. The van der Waals surface area contributed by atoms with Crippen LogP contribution >= 0.6 is 12.4 Å². The summed E-state index contributed by atoms with van der Waals surface area (Å²) in [4.78, 5) is 12.2. The van der Waals surface area contributed by atoms with E-state index in [0.29, 0.717) is 24.9 Å². The number of fused-ring (bicyclic) bond motifs is 1. The monoisotopic (exact) mass is 284 g/mol. The largest absolute Gasteiger partial charge is 0.388 e. The summed E-state index contributed by atoms with van der Waals surface area (Å²) in [6, 6.07) is 3.52. The Balaban J connectivity index is 0.00000133. The minimum Gasteiger partial charge on any atom is -0.388 e. The molecule has 104 valence electrons. The zero-order valence-corrected chi connectivity index (χ0v) is 11.3. The molecule has 0 saturated carbocycles. The minimum absolute atomic E-state index is 0. The van der Waals surface area contributed by atoms with Gasteiger partial charge in [0.1, 0.15) is 11.8 Å². The lowest BCUT2D eigenvalue weighted by atomic mass is 9.92. The molecule has 0 radical (unpaired) electrons. The first-order chi connectivity index (χ1) is 8.68. The van der Waals surface area contributed by atoms with Gasteiger partial charge in [0.2, 0.25) is 0 Å². The van der Waals surface area contributed by atoms with Crippen LogP contribution in [0.25, 0.3) is 5.52 Å². The second-order valence-electron chi connectivity index (χ2n) is 4.88. The molecule has 0 aromatic carbocycles. The average Bonchev–Trinajstić information content (AvgIpc) is 2.83. The first-order valence-corrected chi connectivity index (χ1v) is 6.14. The van der Waals surface area contributed by atoms with Crippen LogP contribution in [0.2, 0.25) is 0 Å². The number of halogens is 1. The summed E-state index contributed by atoms with van der Waals surface area (Å²) in [7, 11) is 0. The van der Waals surface area contributed by atoms with Gasteiger partial charge in [-0.3, -0.25) is 9.36 Å². The Hall–Kier alpha value is -1.37. The van der Waals surface area contributed by atoms with Crippen molar-refractivity contribution in [1.29, 1.82) is 0 Å². The molecule has 1 aliphatic rings. The molecule has 7 heteroatoms. The third-order valence-corrected chi connectivity index (χ3v) is 3.52. The maximum Gasteiger partial charge on any atom is 0.277 e. The predicted molar refractivity (Wildman–Crippen MR) is 73.8 cm³/mol. The first-order valence-electron chi connectivity index (χ1n) is 6.14. The number of hydrogen-bond acceptors (Lipinski definition) is 4. The highest BCUT2D eigenvalue weighted by atomic mass is 35.5. The van der Waals surface area contributed by atoms with E-state index in [1.807, 2.05) is 0 Å². The van der Waals surface area contributed by atoms with Crippen molar-refractivity contribution in [3.63, 3.8) is 0 Å². The molecule has 0 aliphatic carbocycles. The highest BCUT2D eigenvalue weighted by Crippen LogP contribution is 2.19. The summed E-state index contributed by atoms with van der Waals surface area (Å²) in [5.41, 5.74) is -0.376. The fourth-order valence-corrected chi connectivity index (χ4v) is 2.44. The summed E-state index contributed by atoms with van der Waals surface area (Å²) in [5.74, 6) is 0. The van der Waals surface area contributed by atoms with Gasteiger partial charge in [-0.15, -0.1) is 12.4 Å². The van der Waals surface area contributed by atoms with Crippen molar-refractivity contribution in [2.45, 2.75) is 25.0 Å². The molecule has 2 aromatic heterocycles. The topological polar surface area (TPSA) is 71.6 Å². The Morgan fingerprint density at radius 2 is 2.16 bits per heavy atom. The summed E-state index contributed by atoms with van der Waals surface area (Å²) >= 11 is 0. The number of rotatable bonds is 2. The molecular formula is C12H17ClN4O2. The molecule has 2 aromatic rings. The molecule has 1 saturated heterocycles. The first kappa shape index (κ1) is 14.0. The second-order valence-corrected chi connectivity index (χ2v) is 4.88. The van der Waals surface area contributed by atoms with Crippen LogP contribution in [-0.4, -0.2) is 38.0 Å². The number of piperidine rings is 1. The van der Waals surface area contributed by atoms with Crippen molar-refractivity contribution < 1.29 is 5.11 Å². The van der Waals surface area contributed by atoms with Gasteiger partial charge in [0.05, 0.1) is 12.1 Å². The van der Waals surface area contributed by atoms with Crippen molar-refractivity contribution in [3.8, 4) is 0 Å². The van der Waals surface area contributed by atoms with Crippen LogP contribution in [0, 0.1) is 0 Å². The molecule has 3 heterocycles. The van der Waals surface area contributed by atoms with Crippen LogP contribution < -0.4 is 10.9 Å². The quantitative estimate of drug-likeness (QED) is 0.816.